The van der Waals surface area contributed by atoms with Gasteiger partial charge in [-0.3, -0.25) is 4.79 Å². The number of carbonyl (C=O) groups excluding carboxylic acids is 2. The van der Waals surface area contributed by atoms with Crippen molar-refractivity contribution in [2.24, 2.45) is 5.73 Å². The van der Waals surface area contributed by atoms with Crippen LogP contribution in [0.3, 0.4) is 0 Å². The Kier molecular flexibility index (Phi) is 5.67. The van der Waals surface area contributed by atoms with E-state index in [1.165, 1.54) is 7.11 Å². The van der Waals surface area contributed by atoms with E-state index in [2.05, 4.69) is 0 Å². The summed E-state index contributed by atoms with van der Waals surface area (Å²) in [6, 6.07) is 3.24. The quantitative estimate of drug-likeness (QED) is 0.756. The third-order valence-corrected chi connectivity index (χ3v) is 5.09. The minimum Gasteiger partial charge on any atom is -0.491 e. The van der Waals surface area contributed by atoms with E-state index in [-0.39, 0.29) is 27.3 Å². The molecule has 3 rings (SSSR count). The topological polar surface area (TPSA) is 87.8 Å². The summed E-state index contributed by atoms with van der Waals surface area (Å²) in [6.45, 7) is 2.21. The molecule has 0 radical (unpaired) electrons. The highest BCUT2D eigenvalue weighted by atomic mass is 35.5. The fourth-order valence-electron chi connectivity index (χ4n) is 3.43. The molecule has 0 spiro atoms. The largest absolute Gasteiger partial charge is 0.491 e. The first-order valence-electron chi connectivity index (χ1n) is 8.52. The standard InChI is InChI=1S/C19H19Cl2NO5/c1-3-26-17-10(20)7-9(8-11(17)21)14-15-12(23)5-4-6-13(15)27-18(22)16(14)19(24)25-2/h7-8,14H,3-6,22H2,1-2H3/t14-/m1/s1. The maximum Gasteiger partial charge on any atom is 0.340 e. The molecule has 1 heterocycles. The molecule has 1 aromatic rings. The molecule has 8 heteroatoms. The van der Waals surface area contributed by atoms with Crippen molar-refractivity contribution in [3.05, 3.63) is 50.5 Å². The molecule has 144 valence electrons. The highest BCUT2D eigenvalue weighted by molar-refractivity contribution is 6.37. The van der Waals surface area contributed by atoms with Crippen molar-refractivity contribution in [1.82, 2.24) is 0 Å². The van der Waals surface area contributed by atoms with Crippen molar-refractivity contribution in [1.29, 1.82) is 0 Å². The van der Waals surface area contributed by atoms with Crippen LogP contribution in [0.4, 0.5) is 0 Å². The van der Waals surface area contributed by atoms with Gasteiger partial charge < -0.3 is 19.9 Å². The number of ketones is 1. The Bertz CT molecular complexity index is 852. The zero-order chi connectivity index (χ0) is 19.7. The number of Topliss-reactive ketones (excluding diaryl/α,β-unsaturated/α-hetero) is 1. The average Bonchev–Trinajstić information content (AvgIpc) is 2.63. The van der Waals surface area contributed by atoms with Crippen molar-refractivity contribution >= 4 is 35.0 Å². The monoisotopic (exact) mass is 411 g/mol. The smallest absolute Gasteiger partial charge is 0.340 e. The number of ether oxygens (including phenoxy) is 3. The van der Waals surface area contributed by atoms with Gasteiger partial charge in [0.1, 0.15) is 11.3 Å². The lowest BCUT2D eigenvalue weighted by Crippen LogP contribution is -2.31. The molecule has 0 amide bonds. The van der Waals surface area contributed by atoms with E-state index in [4.69, 9.17) is 43.1 Å². The Morgan fingerprint density at radius 3 is 2.56 bits per heavy atom. The fourth-order valence-corrected chi connectivity index (χ4v) is 4.04. The molecule has 2 aliphatic rings. The molecule has 27 heavy (non-hydrogen) atoms. The van der Waals surface area contributed by atoms with Gasteiger partial charge in [0.2, 0.25) is 5.88 Å². The van der Waals surface area contributed by atoms with Gasteiger partial charge in [0, 0.05) is 18.4 Å². The van der Waals surface area contributed by atoms with E-state index in [0.717, 1.165) is 0 Å². The first kappa shape index (κ1) is 19.6. The minimum atomic E-state index is -0.764. The Hall–Kier alpha value is -2.18. The molecule has 1 aromatic carbocycles. The van der Waals surface area contributed by atoms with Gasteiger partial charge in [-0.05, 0) is 31.0 Å². The average molecular weight is 412 g/mol. The van der Waals surface area contributed by atoms with Crippen LogP contribution in [0.25, 0.3) is 0 Å². The molecule has 0 saturated carbocycles. The Morgan fingerprint density at radius 2 is 1.96 bits per heavy atom. The van der Waals surface area contributed by atoms with E-state index in [0.29, 0.717) is 48.5 Å². The molecule has 0 fully saturated rings. The maximum absolute atomic E-state index is 12.7. The van der Waals surface area contributed by atoms with Crippen molar-refractivity contribution in [3.8, 4) is 5.75 Å². The van der Waals surface area contributed by atoms with Gasteiger partial charge in [0.25, 0.3) is 0 Å². The number of esters is 1. The number of hydrogen-bond donors (Lipinski definition) is 1. The van der Waals surface area contributed by atoms with Crippen molar-refractivity contribution in [2.45, 2.75) is 32.1 Å². The second kappa shape index (κ2) is 7.82. The number of benzene rings is 1. The predicted molar refractivity (Wildman–Crippen MR) is 101 cm³/mol. The third kappa shape index (κ3) is 3.51. The van der Waals surface area contributed by atoms with Crippen LogP contribution in [0.15, 0.2) is 34.9 Å². The van der Waals surface area contributed by atoms with Crippen LogP contribution in [0.5, 0.6) is 5.75 Å². The summed E-state index contributed by atoms with van der Waals surface area (Å²) in [5, 5.41) is 0.554. The fraction of sp³-hybridized carbons (Fsp3) is 0.368. The third-order valence-electron chi connectivity index (χ3n) is 4.53. The van der Waals surface area contributed by atoms with Gasteiger partial charge in [0.05, 0.1) is 29.7 Å². The van der Waals surface area contributed by atoms with Gasteiger partial charge in [-0.15, -0.1) is 0 Å². The second-order valence-corrected chi connectivity index (χ2v) is 6.98. The van der Waals surface area contributed by atoms with Gasteiger partial charge in [-0.25, -0.2) is 4.79 Å². The molecule has 0 saturated heterocycles. The molecule has 1 aliphatic heterocycles. The van der Waals surface area contributed by atoms with E-state index in [9.17, 15) is 9.59 Å². The molecule has 1 atom stereocenters. The number of allylic oxidation sites excluding steroid dienone is 2. The van der Waals surface area contributed by atoms with E-state index < -0.39 is 11.9 Å². The zero-order valence-electron chi connectivity index (χ0n) is 14.9. The van der Waals surface area contributed by atoms with Gasteiger partial charge in [-0.2, -0.15) is 0 Å². The number of rotatable bonds is 4. The van der Waals surface area contributed by atoms with Crippen LogP contribution in [-0.2, 0) is 19.1 Å². The predicted octanol–water partition coefficient (Wildman–Crippen LogP) is 3.86. The van der Waals surface area contributed by atoms with Crippen LogP contribution in [0.1, 0.15) is 37.7 Å². The van der Waals surface area contributed by atoms with Gasteiger partial charge in [-0.1, -0.05) is 23.2 Å². The molecule has 0 bridgehead atoms. The Labute approximate surface area is 166 Å². The summed E-state index contributed by atoms with van der Waals surface area (Å²) in [5.41, 5.74) is 7.01. The second-order valence-electron chi connectivity index (χ2n) is 6.16. The maximum atomic E-state index is 12.7. The molecule has 0 aromatic heterocycles. The first-order chi connectivity index (χ1) is 12.9. The lowest BCUT2D eigenvalue weighted by atomic mass is 9.77. The lowest BCUT2D eigenvalue weighted by Gasteiger charge is -2.32. The summed E-state index contributed by atoms with van der Waals surface area (Å²) in [4.78, 5) is 25.1. The zero-order valence-corrected chi connectivity index (χ0v) is 16.4. The summed E-state index contributed by atoms with van der Waals surface area (Å²) in [7, 11) is 1.24. The molecule has 1 aliphatic carbocycles. The number of nitrogens with two attached hydrogens (primary N) is 1. The summed E-state index contributed by atoms with van der Waals surface area (Å²) < 4.78 is 15.9. The van der Waals surface area contributed by atoms with Crippen LogP contribution in [-0.4, -0.2) is 25.5 Å². The summed E-state index contributed by atoms with van der Waals surface area (Å²) in [5.74, 6) is -0.805. The van der Waals surface area contributed by atoms with E-state index in [1.807, 2.05) is 6.92 Å². The van der Waals surface area contributed by atoms with Crippen molar-refractivity contribution in [2.75, 3.05) is 13.7 Å². The SMILES string of the molecule is CCOc1c(Cl)cc([C@H]2C(C(=O)OC)=C(N)OC3=C2C(=O)CCC3)cc1Cl. The Morgan fingerprint density at radius 1 is 1.30 bits per heavy atom. The van der Waals surface area contributed by atoms with Crippen molar-refractivity contribution in [3.63, 3.8) is 0 Å². The van der Waals surface area contributed by atoms with E-state index >= 15 is 0 Å². The van der Waals surface area contributed by atoms with Crippen molar-refractivity contribution < 1.29 is 23.8 Å². The van der Waals surface area contributed by atoms with Crippen LogP contribution < -0.4 is 10.5 Å². The number of hydrogen-bond acceptors (Lipinski definition) is 6. The highest BCUT2D eigenvalue weighted by Gasteiger charge is 2.41. The molecular weight excluding hydrogens is 393 g/mol. The summed E-state index contributed by atoms with van der Waals surface area (Å²) >= 11 is 12.7. The van der Waals surface area contributed by atoms with Crippen LogP contribution in [0.2, 0.25) is 10.0 Å². The molecule has 2 N–H and O–H groups in total. The molecule has 0 unspecified atom stereocenters. The van der Waals surface area contributed by atoms with Gasteiger partial charge in [0.15, 0.2) is 11.5 Å². The van der Waals surface area contributed by atoms with Crippen LogP contribution >= 0.6 is 23.2 Å². The first-order valence-corrected chi connectivity index (χ1v) is 9.28. The number of carbonyl (C=O) groups is 2. The summed E-state index contributed by atoms with van der Waals surface area (Å²) in [6.07, 6.45) is 1.59. The molecular formula is C19H19Cl2NO5. The minimum absolute atomic E-state index is 0.0581. The Balaban J connectivity index is 2.21. The van der Waals surface area contributed by atoms with Gasteiger partial charge >= 0.3 is 5.97 Å². The highest BCUT2D eigenvalue weighted by Crippen LogP contribution is 2.46. The lowest BCUT2D eigenvalue weighted by molar-refractivity contribution is -0.136. The molecule has 6 nitrogen and oxygen atoms in total. The number of methoxy groups -OCH3 is 1. The normalized spacial score (nSPS) is 19.6. The van der Waals surface area contributed by atoms with Crippen LogP contribution in [0, 0.1) is 0 Å². The van der Waals surface area contributed by atoms with E-state index in [1.54, 1.807) is 12.1 Å². The number of halogens is 2.